The van der Waals surface area contributed by atoms with Crippen LogP contribution in [0.3, 0.4) is 0 Å². The molecule has 3 N–H and O–H groups in total. The Morgan fingerprint density at radius 1 is 1.29 bits per heavy atom. The average molecular weight is 347 g/mol. The highest BCUT2D eigenvalue weighted by molar-refractivity contribution is 9.10. The van der Waals surface area contributed by atoms with Crippen LogP contribution in [0.1, 0.15) is 40.9 Å². The van der Waals surface area contributed by atoms with Crippen LogP contribution in [0.25, 0.3) is 0 Å². The van der Waals surface area contributed by atoms with Gasteiger partial charge in [0, 0.05) is 15.7 Å². The van der Waals surface area contributed by atoms with Gasteiger partial charge < -0.3 is 11.1 Å². The molecule has 21 heavy (non-hydrogen) atoms. The number of nitrogens with one attached hydrogen (secondary N) is 1. The number of hydrogen-bond donors (Lipinski definition) is 2. The van der Waals surface area contributed by atoms with Crippen molar-refractivity contribution in [2.45, 2.75) is 26.3 Å². The third-order valence-electron chi connectivity index (χ3n) is 3.59. The molecule has 0 fully saturated rings. The van der Waals surface area contributed by atoms with Crippen LogP contribution >= 0.6 is 15.9 Å². The highest BCUT2D eigenvalue weighted by atomic mass is 79.9. The summed E-state index contributed by atoms with van der Waals surface area (Å²) in [4.78, 5) is 11.4. The average Bonchev–Trinajstić information content (AvgIpc) is 2.46. The molecule has 2 aromatic carbocycles. The number of carbonyl (C=O) groups is 1. The summed E-state index contributed by atoms with van der Waals surface area (Å²) in [6.45, 7) is 4.04. The Hall–Kier alpha value is -1.81. The normalized spacial score (nSPS) is 12.0. The predicted molar refractivity (Wildman–Crippen MR) is 90.5 cm³/mol. The van der Waals surface area contributed by atoms with Gasteiger partial charge in [0.2, 0.25) is 5.91 Å². The molecule has 1 unspecified atom stereocenters. The van der Waals surface area contributed by atoms with Gasteiger partial charge >= 0.3 is 0 Å². The molecule has 0 aromatic heterocycles. The number of halogens is 1. The van der Waals surface area contributed by atoms with Crippen LogP contribution in [0.15, 0.2) is 46.9 Å². The number of benzene rings is 2. The molecule has 0 radical (unpaired) electrons. The minimum absolute atomic E-state index is 0.185. The summed E-state index contributed by atoms with van der Waals surface area (Å²) in [5, 5.41) is 3.51. The van der Waals surface area contributed by atoms with Crippen LogP contribution in [0.5, 0.6) is 0 Å². The Kier molecular flexibility index (Phi) is 5.02. The summed E-state index contributed by atoms with van der Waals surface area (Å²) in [5.74, 6) is -0.397. The molecule has 0 aliphatic carbocycles. The highest BCUT2D eigenvalue weighted by Crippen LogP contribution is 2.27. The van der Waals surface area contributed by atoms with Crippen LogP contribution in [0.4, 0.5) is 5.69 Å². The zero-order chi connectivity index (χ0) is 15.4. The number of primary amides is 1. The lowest BCUT2D eigenvalue weighted by Crippen LogP contribution is -2.15. The molecule has 0 aliphatic heterocycles. The first-order valence-electron chi connectivity index (χ1n) is 6.94. The second kappa shape index (κ2) is 6.76. The number of hydrogen-bond acceptors (Lipinski definition) is 2. The zero-order valence-corrected chi connectivity index (χ0v) is 13.8. The zero-order valence-electron chi connectivity index (χ0n) is 12.2. The van der Waals surface area contributed by atoms with E-state index in [0.717, 1.165) is 22.1 Å². The van der Waals surface area contributed by atoms with E-state index in [0.29, 0.717) is 5.56 Å². The Labute approximate surface area is 133 Å². The van der Waals surface area contributed by atoms with Gasteiger partial charge in [0.15, 0.2) is 0 Å². The fourth-order valence-corrected chi connectivity index (χ4v) is 2.81. The lowest BCUT2D eigenvalue weighted by atomic mass is 10.0. The van der Waals surface area contributed by atoms with E-state index in [2.05, 4.69) is 40.3 Å². The van der Waals surface area contributed by atoms with Gasteiger partial charge in [-0.3, -0.25) is 4.79 Å². The van der Waals surface area contributed by atoms with Crippen LogP contribution in [-0.4, -0.2) is 5.91 Å². The van der Waals surface area contributed by atoms with Crippen molar-refractivity contribution in [1.29, 1.82) is 0 Å². The summed E-state index contributed by atoms with van der Waals surface area (Å²) >= 11 is 3.50. The number of anilines is 1. The summed E-state index contributed by atoms with van der Waals surface area (Å²) in [6, 6.07) is 14.0. The minimum atomic E-state index is -0.397. The van der Waals surface area contributed by atoms with E-state index in [9.17, 15) is 4.79 Å². The third kappa shape index (κ3) is 3.64. The van der Waals surface area contributed by atoms with Crippen molar-refractivity contribution in [2.24, 2.45) is 5.73 Å². The van der Waals surface area contributed by atoms with Crippen molar-refractivity contribution in [1.82, 2.24) is 0 Å². The number of rotatable bonds is 5. The topological polar surface area (TPSA) is 55.1 Å². The minimum Gasteiger partial charge on any atom is -0.378 e. The molecule has 0 heterocycles. The van der Waals surface area contributed by atoms with Crippen LogP contribution in [-0.2, 0) is 0 Å². The molecule has 0 spiro atoms. The van der Waals surface area contributed by atoms with Crippen LogP contribution in [0.2, 0.25) is 0 Å². The van der Waals surface area contributed by atoms with E-state index < -0.39 is 5.91 Å². The Bertz CT molecular complexity index is 655. The molecule has 3 nitrogen and oxygen atoms in total. The largest absolute Gasteiger partial charge is 0.378 e. The van der Waals surface area contributed by atoms with Crippen LogP contribution in [0, 0.1) is 6.92 Å². The van der Waals surface area contributed by atoms with Gasteiger partial charge in [0.25, 0.3) is 0 Å². The molecule has 2 aromatic rings. The molecular weight excluding hydrogens is 328 g/mol. The summed E-state index contributed by atoms with van der Waals surface area (Å²) in [6.07, 6.45) is 0.941. The monoisotopic (exact) mass is 346 g/mol. The van der Waals surface area contributed by atoms with Gasteiger partial charge in [-0.1, -0.05) is 41.1 Å². The molecule has 2 rings (SSSR count). The predicted octanol–water partition coefficient (Wildman–Crippen LogP) is 4.42. The van der Waals surface area contributed by atoms with Crippen LogP contribution < -0.4 is 11.1 Å². The third-order valence-corrected chi connectivity index (χ3v) is 4.08. The van der Waals surface area contributed by atoms with Gasteiger partial charge in [-0.05, 0) is 48.7 Å². The van der Waals surface area contributed by atoms with Crippen molar-refractivity contribution in [3.05, 3.63) is 63.6 Å². The smallest absolute Gasteiger partial charge is 0.249 e. The van der Waals surface area contributed by atoms with Gasteiger partial charge in [-0.25, -0.2) is 0 Å². The van der Waals surface area contributed by atoms with E-state index in [1.807, 2.05) is 31.2 Å². The molecule has 110 valence electrons. The Balaban J connectivity index is 2.31. The molecule has 0 bridgehead atoms. The Morgan fingerprint density at radius 3 is 2.62 bits per heavy atom. The van der Waals surface area contributed by atoms with Crippen molar-refractivity contribution in [3.63, 3.8) is 0 Å². The van der Waals surface area contributed by atoms with Gasteiger partial charge in [-0.15, -0.1) is 0 Å². The lowest BCUT2D eigenvalue weighted by Gasteiger charge is -2.21. The number of nitrogens with two attached hydrogens (primary N) is 1. The fraction of sp³-hybridized carbons (Fsp3) is 0.235. The maximum absolute atomic E-state index is 11.4. The number of amides is 1. The lowest BCUT2D eigenvalue weighted by molar-refractivity contribution is 0.1000. The Morgan fingerprint density at radius 2 is 2.00 bits per heavy atom. The van der Waals surface area contributed by atoms with Crippen molar-refractivity contribution in [3.8, 4) is 0 Å². The maximum Gasteiger partial charge on any atom is 0.249 e. The van der Waals surface area contributed by atoms with E-state index in [4.69, 9.17) is 5.73 Å². The van der Waals surface area contributed by atoms with E-state index in [-0.39, 0.29) is 6.04 Å². The van der Waals surface area contributed by atoms with E-state index in [1.165, 1.54) is 5.56 Å². The summed E-state index contributed by atoms with van der Waals surface area (Å²) in [5.41, 5.74) is 9.00. The van der Waals surface area contributed by atoms with Crippen molar-refractivity contribution >= 4 is 27.5 Å². The standard InChI is InChI=1S/C17H19BrN2O/c1-3-15(12-6-4-7-13(18)10-12)20-16-9-5-8-14(11(16)2)17(19)21/h4-10,15,20H,3H2,1-2H3,(H2,19,21). The highest BCUT2D eigenvalue weighted by Gasteiger charge is 2.13. The SMILES string of the molecule is CCC(Nc1cccc(C(N)=O)c1C)c1cccc(Br)c1. The quantitative estimate of drug-likeness (QED) is 0.841. The van der Waals surface area contributed by atoms with Gasteiger partial charge in [-0.2, -0.15) is 0 Å². The van der Waals surface area contributed by atoms with Gasteiger partial charge in [0.1, 0.15) is 0 Å². The summed E-state index contributed by atoms with van der Waals surface area (Å²) in [7, 11) is 0. The molecule has 1 atom stereocenters. The van der Waals surface area contributed by atoms with Gasteiger partial charge in [0.05, 0.1) is 6.04 Å². The summed E-state index contributed by atoms with van der Waals surface area (Å²) < 4.78 is 1.06. The van der Waals surface area contributed by atoms with Crippen molar-refractivity contribution < 1.29 is 4.79 Å². The first-order valence-corrected chi connectivity index (χ1v) is 7.73. The second-order valence-corrected chi connectivity index (χ2v) is 5.92. The molecule has 0 saturated heterocycles. The molecular formula is C17H19BrN2O. The first-order chi connectivity index (χ1) is 10.0. The maximum atomic E-state index is 11.4. The van der Waals surface area contributed by atoms with Crippen molar-refractivity contribution in [2.75, 3.05) is 5.32 Å². The second-order valence-electron chi connectivity index (χ2n) is 5.00. The number of carbonyl (C=O) groups excluding carboxylic acids is 1. The first kappa shape index (κ1) is 15.6. The molecule has 0 saturated carbocycles. The molecule has 1 amide bonds. The molecule has 0 aliphatic rings. The van der Waals surface area contributed by atoms with E-state index in [1.54, 1.807) is 6.07 Å². The molecule has 4 heteroatoms. The van der Waals surface area contributed by atoms with E-state index >= 15 is 0 Å². The fourth-order valence-electron chi connectivity index (χ4n) is 2.39.